The van der Waals surface area contributed by atoms with Gasteiger partial charge in [0.15, 0.2) is 0 Å². The molecule has 0 saturated carbocycles. The summed E-state index contributed by atoms with van der Waals surface area (Å²) in [6, 6.07) is 1.54. The Bertz CT molecular complexity index is 183. The van der Waals surface area contributed by atoms with E-state index in [1.165, 1.54) is 0 Å². The van der Waals surface area contributed by atoms with Crippen LogP contribution in [0.4, 0.5) is 0 Å². The second-order valence-electron chi connectivity index (χ2n) is 3.12. The number of carbonyl (C=O) groups excluding carboxylic acids is 1. The van der Waals surface area contributed by atoms with Crippen molar-refractivity contribution in [3.8, 4) is 6.07 Å². The molecule has 0 aliphatic rings. The fourth-order valence-corrected chi connectivity index (χ4v) is 0.940. The molecule has 0 aromatic rings. The van der Waals surface area contributed by atoms with Crippen LogP contribution in [0.2, 0.25) is 0 Å². The molecule has 0 unspecified atom stereocenters. The number of carbonyl (C=O) groups is 1. The SMILES string of the molecule is CC(C)C[C@H](NCC#N)C(N)=O. The summed E-state index contributed by atoms with van der Waals surface area (Å²) in [4.78, 5) is 10.8. The van der Waals surface area contributed by atoms with Crippen molar-refractivity contribution in [2.75, 3.05) is 6.54 Å². The lowest BCUT2D eigenvalue weighted by atomic mass is 10.0. The Morgan fingerprint density at radius 2 is 2.25 bits per heavy atom. The predicted octanol–water partition coefficient (Wildman–Crippen LogP) is -0.000420. The highest BCUT2D eigenvalue weighted by Crippen LogP contribution is 2.03. The molecule has 1 atom stereocenters. The number of amides is 1. The molecular formula is C8H15N3O. The van der Waals surface area contributed by atoms with E-state index in [1.54, 1.807) is 0 Å². The minimum Gasteiger partial charge on any atom is -0.368 e. The van der Waals surface area contributed by atoms with Crippen molar-refractivity contribution in [2.24, 2.45) is 11.7 Å². The Balaban J connectivity index is 3.89. The van der Waals surface area contributed by atoms with Gasteiger partial charge in [-0.2, -0.15) is 5.26 Å². The van der Waals surface area contributed by atoms with Crippen LogP contribution in [0.5, 0.6) is 0 Å². The van der Waals surface area contributed by atoms with Gasteiger partial charge in [-0.05, 0) is 12.3 Å². The van der Waals surface area contributed by atoms with Crippen molar-refractivity contribution in [3.63, 3.8) is 0 Å². The van der Waals surface area contributed by atoms with Gasteiger partial charge in [0, 0.05) is 0 Å². The highest BCUT2D eigenvalue weighted by molar-refractivity contribution is 5.79. The maximum Gasteiger partial charge on any atom is 0.234 e. The van der Waals surface area contributed by atoms with E-state index in [-0.39, 0.29) is 18.5 Å². The summed E-state index contributed by atoms with van der Waals surface area (Å²) < 4.78 is 0. The lowest BCUT2D eigenvalue weighted by molar-refractivity contribution is -0.120. The van der Waals surface area contributed by atoms with E-state index in [0.717, 1.165) is 0 Å². The molecule has 0 saturated heterocycles. The summed E-state index contributed by atoms with van der Waals surface area (Å²) in [6.07, 6.45) is 0.678. The molecule has 0 bridgehead atoms. The smallest absolute Gasteiger partial charge is 0.234 e. The van der Waals surface area contributed by atoms with Gasteiger partial charge in [0.25, 0.3) is 0 Å². The number of nitriles is 1. The molecule has 0 heterocycles. The number of nitrogens with zero attached hydrogens (tertiary/aromatic N) is 1. The monoisotopic (exact) mass is 169 g/mol. The van der Waals surface area contributed by atoms with Crippen LogP contribution in [0.15, 0.2) is 0 Å². The first-order valence-corrected chi connectivity index (χ1v) is 3.97. The molecule has 4 nitrogen and oxygen atoms in total. The molecule has 0 radical (unpaired) electrons. The zero-order valence-corrected chi connectivity index (χ0v) is 7.50. The number of nitrogens with two attached hydrogens (primary N) is 1. The third-order valence-corrected chi connectivity index (χ3v) is 1.48. The van der Waals surface area contributed by atoms with Gasteiger partial charge in [-0.3, -0.25) is 10.1 Å². The first-order valence-electron chi connectivity index (χ1n) is 3.97. The third-order valence-electron chi connectivity index (χ3n) is 1.48. The maximum atomic E-state index is 10.8. The molecular weight excluding hydrogens is 154 g/mol. The van der Waals surface area contributed by atoms with Gasteiger partial charge in [-0.15, -0.1) is 0 Å². The van der Waals surface area contributed by atoms with E-state index >= 15 is 0 Å². The lowest BCUT2D eigenvalue weighted by Gasteiger charge is -2.14. The molecule has 0 aromatic heterocycles. The van der Waals surface area contributed by atoms with Gasteiger partial charge >= 0.3 is 0 Å². The number of primary amides is 1. The summed E-state index contributed by atoms with van der Waals surface area (Å²) in [7, 11) is 0. The minimum absolute atomic E-state index is 0.167. The van der Waals surface area contributed by atoms with E-state index in [9.17, 15) is 4.79 Å². The topological polar surface area (TPSA) is 78.9 Å². The van der Waals surface area contributed by atoms with Crippen LogP contribution in [-0.4, -0.2) is 18.5 Å². The molecule has 4 heteroatoms. The fourth-order valence-electron chi connectivity index (χ4n) is 0.940. The van der Waals surface area contributed by atoms with Crippen LogP contribution in [0.1, 0.15) is 20.3 Å². The van der Waals surface area contributed by atoms with Crippen molar-refractivity contribution < 1.29 is 4.79 Å². The lowest BCUT2D eigenvalue weighted by Crippen LogP contribution is -2.42. The Morgan fingerprint density at radius 3 is 2.58 bits per heavy atom. The Hall–Kier alpha value is -1.08. The number of hydrogen-bond acceptors (Lipinski definition) is 3. The second-order valence-corrected chi connectivity index (χ2v) is 3.12. The molecule has 1 amide bonds. The molecule has 3 N–H and O–H groups in total. The summed E-state index contributed by atoms with van der Waals surface area (Å²) in [5.41, 5.74) is 5.11. The Kier molecular flexibility index (Phi) is 5.06. The molecule has 0 spiro atoms. The molecule has 0 aliphatic carbocycles. The van der Waals surface area contributed by atoms with Gasteiger partial charge in [-0.1, -0.05) is 13.8 Å². The van der Waals surface area contributed by atoms with Crippen LogP contribution in [-0.2, 0) is 4.79 Å². The van der Waals surface area contributed by atoms with Gasteiger partial charge < -0.3 is 5.73 Å². The van der Waals surface area contributed by atoms with E-state index < -0.39 is 0 Å². The summed E-state index contributed by atoms with van der Waals surface area (Å²) in [5.74, 6) is 0.00708. The maximum absolute atomic E-state index is 10.8. The summed E-state index contributed by atoms with van der Waals surface area (Å²) in [5, 5.41) is 11.0. The van der Waals surface area contributed by atoms with Crippen molar-refractivity contribution in [2.45, 2.75) is 26.3 Å². The van der Waals surface area contributed by atoms with E-state index in [4.69, 9.17) is 11.0 Å². The van der Waals surface area contributed by atoms with Crippen molar-refractivity contribution >= 4 is 5.91 Å². The largest absolute Gasteiger partial charge is 0.368 e. The molecule has 68 valence electrons. The average molecular weight is 169 g/mol. The zero-order valence-electron chi connectivity index (χ0n) is 7.50. The van der Waals surface area contributed by atoms with Crippen LogP contribution >= 0.6 is 0 Å². The number of nitrogens with one attached hydrogen (secondary N) is 1. The van der Waals surface area contributed by atoms with Gasteiger partial charge in [0.2, 0.25) is 5.91 Å². The third kappa shape index (κ3) is 4.69. The van der Waals surface area contributed by atoms with Gasteiger partial charge in [-0.25, -0.2) is 0 Å². The Labute approximate surface area is 72.7 Å². The fraction of sp³-hybridized carbons (Fsp3) is 0.750. The van der Waals surface area contributed by atoms with Crippen LogP contribution in [0, 0.1) is 17.2 Å². The molecule has 0 rings (SSSR count). The minimum atomic E-state index is -0.390. The van der Waals surface area contributed by atoms with E-state index in [1.807, 2.05) is 19.9 Å². The van der Waals surface area contributed by atoms with Crippen LogP contribution in [0.25, 0.3) is 0 Å². The summed E-state index contributed by atoms with van der Waals surface area (Å²) >= 11 is 0. The molecule has 12 heavy (non-hydrogen) atoms. The van der Waals surface area contributed by atoms with Crippen molar-refractivity contribution in [3.05, 3.63) is 0 Å². The Morgan fingerprint density at radius 1 is 1.67 bits per heavy atom. The zero-order chi connectivity index (χ0) is 9.56. The van der Waals surface area contributed by atoms with Gasteiger partial charge in [0.05, 0.1) is 18.7 Å². The summed E-state index contributed by atoms with van der Waals surface area (Å²) in [6.45, 7) is 4.17. The highest BCUT2D eigenvalue weighted by Gasteiger charge is 2.15. The molecule has 0 aromatic carbocycles. The normalized spacial score (nSPS) is 12.5. The molecule has 0 fully saturated rings. The quantitative estimate of drug-likeness (QED) is 0.568. The second kappa shape index (κ2) is 5.56. The van der Waals surface area contributed by atoms with Gasteiger partial charge in [0.1, 0.15) is 0 Å². The van der Waals surface area contributed by atoms with Crippen molar-refractivity contribution in [1.29, 1.82) is 5.26 Å². The van der Waals surface area contributed by atoms with Crippen LogP contribution < -0.4 is 11.1 Å². The number of rotatable bonds is 5. The van der Waals surface area contributed by atoms with E-state index in [0.29, 0.717) is 12.3 Å². The predicted molar refractivity (Wildman–Crippen MR) is 46.1 cm³/mol. The van der Waals surface area contributed by atoms with E-state index in [2.05, 4.69) is 5.32 Å². The van der Waals surface area contributed by atoms with Crippen LogP contribution in [0.3, 0.4) is 0 Å². The molecule has 0 aliphatic heterocycles. The standard InChI is InChI=1S/C8H15N3O/c1-6(2)5-7(8(10)12)11-4-3-9/h6-7,11H,4-5H2,1-2H3,(H2,10,12)/t7-/m0/s1. The highest BCUT2D eigenvalue weighted by atomic mass is 16.1. The first kappa shape index (κ1) is 10.9. The first-order chi connectivity index (χ1) is 5.57. The van der Waals surface area contributed by atoms with Crippen molar-refractivity contribution in [1.82, 2.24) is 5.32 Å². The number of hydrogen-bond donors (Lipinski definition) is 2. The average Bonchev–Trinajstić information content (AvgIpc) is 1.96.